The first-order valence-corrected chi connectivity index (χ1v) is 7.28. The first-order chi connectivity index (χ1) is 10.1. The molecule has 0 aliphatic heterocycles. The summed E-state index contributed by atoms with van der Waals surface area (Å²) in [6, 6.07) is 9.41. The Morgan fingerprint density at radius 2 is 1.95 bits per heavy atom. The number of esters is 1. The van der Waals surface area contributed by atoms with Crippen LogP contribution in [-0.4, -0.2) is 24.2 Å². The van der Waals surface area contributed by atoms with Crippen LogP contribution >= 0.6 is 0 Å². The average molecular weight is 291 g/mol. The maximum atomic E-state index is 12.0. The Balaban J connectivity index is 1.89. The van der Waals surface area contributed by atoms with Gasteiger partial charge >= 0.3 is 12.1 Å². The van der Waals surface area contributed by atoms with E-state index in [1.807, 2.05) is 37.3 Å². The molecule has 0 bridgehead atoms. The summed E-state index contributed by atoms with van der Waals surface area (Å²) >= 11 is 0. The SMILES string of the molecule is CCOC(=O)[C@@]1(NC(=O)OCc2ccccc2)C[C@H]1CC. The normalized spacial score (nSPS) is 23.2. The number of ether oxygens (including phenoxy) is 2. The van der Waals surface area contributed by atoms with E-state index in [9.17, 15) is 9.59 Å². The van der Waals surface area contributed by atoms with Gasteiger partial charge in [0.25, 0.3) is 0 Å². The molecule has 0 saturated heterocycles. The molecule has 114 valence electrons. The lowest BCUT2D eigenvalue weighted by Gasteiger charge is -2.17. The first kappa shape index (κ1) is 15.4. The zero-order valence-corrected chi connectivity index (χ0v) is 12.4. The van der Waals surface area contributed by atoms with Crippen molar-refractivity contribution < 1.29 is 19.1 Å². The van der Waals surface area contributed by atoms with Gasteiger partial charge in [-0.25, -0.2) is 9.59 Å². The number of hydrogen-bond donors (Lipinski definition) is 1. The van der Waals surface area contributed by atoms with E-state index < -0.39 is 11.6 Å². The van der Waals surface area contributed by atoms with Gasteiger partial charge in [0.15, 0.2) is 0 Å². The van der Waals surface area contributed by atoms with E-state index in [1.165, 1.54) is 0 Å². The lowest BCUT2D eigenvalue weighted by molar-refractivity contribution is -0.147. The van der Waals surface area contributed by atoms with Crippen LogP contribution in [0.25, 0.3) is 0 Å². The fourth-order valence-electron chi connectivity index (χ4n) is 2.48. The van der Waals surface area contributed by atoms with Crippen LogP contribution in [0.5, 0.6) is 0 Å². The second-order valence-corrected chi connectivity index (χ2v) is 5.19. The van der Waals surface area contributed by atoms with Crippen LogP contribution in [0.2, 0.25) is 0 Å². The van der Waals surface area contributed by atoms with Crippen LogP contribution in [0, 0.1) is 5.92 Å². The van der Waals surface area contributed by atoms with Gasteiger partial charge in [-0.1, -0.05) is 43.7 Å². The summed E-state index contributed by atoms with van der Waals surface area (Å²) in [5, 5.41) is 2.69. The van der Waals surface area contributed by atoms with Crippen molar-refractivity contribution >= 4 is 12.1 Å². The summed E-state index contributed by atoms with van der Waals surface area (Å²) in [5.41, 5.74) is 0.0131. The molecule has 2 atom stereocenters. The van der Waals surface area contributed by atoms with Crippen LogP contribution in [-0.2, 0) is 20.9 Å². The fraction of sp³-hybridized carbons (Fsp3) is 0.500. The quantitative estimate of drug-likeness (QED) is 0.818. The van der Waals surface area contributed by atoms with Gasteiger partial charge in [0, 0.05) is 0 Å². The van der Waals surface area contributed by atoms with Gasteiger partial charge in [-0.2, -0.15) is 0 Å². The van der Waals surface area contributed by atoms with Crippen molar-refractivity contribution in [1.82, 2.24) is 5.32 Å². The van der Waals surface area contributed by atoms with Crippen LogP contribution in [0.15, 0.2) is 30.3 Å². The Morgan fingerprint density at radius 3 is 2.52 bits per heavy atom. The molecule has 0 radical (unpaired) electrons. The van der Waals surface area contributed by atoms with Gasteiger partial charge in [-0.15, -0.1) is 0 Å². The van der Waals surface area contributed by atoms with Gasteiger partial charge in [0.05, 0.1) is 6.61 Å². The Kier molecular flexibility index (Phi) is 4.83. The third-order valence-corrected chi connectivity index (χ3v) is 3.78. The molecule has 1 aliphatic carbocycles. The third-order valence-electron chi connectivity index (χ3n) is 3.78. The standard InChI is InChI=1S/C16H21NO4/c1-3-13-10-16(13,14(18)20-4-2)17-15(19)21-11-12-8-6-5-7-9-12/h5-9,13H,3-4,10-11H2,1-2H3,(H,17,19)/t13-,16-/m1/s1. The van der Waals surface area contributed by atoms with E-state index >= 15 is 0 Å². The molecule has 1 amide bonds. The number of carbonyl (C=O) groups excluding carboxylic acids is 2. The first-order valence-electron chi connectivity index (χ1n) is 7.28. The largest absolute Gasteiger partial charge is 0.464 e. The van der Waals surface area contributed by atoms with Crippen LogP contribution < -0.4 is 5.32 Å². The number of nitrogens with one attached hydrogen (secondary N) is 1. The van der Waals surface area contributed by atoms with Crippen molar-refractivity contribution in [1.29, 1.82) is 0 Å². The number of amides is 1. The van der Waals surface area contributed by atoms with E-state index in [2.05, 4.69) is 5.32 Å². The van der Waals surface area contributed by atoms with Crippen molar-refractivity contribution in [3.05, 3.63) is 35.9 Å². The molecule has 2 rings (SSSR count). The molecule has 0 unspecified atom stereocenters. The number of carbonyl (C=O) groups is 2. The highest BCUT2D eigenvalue weighted by Gasteiger charge is 2.61. The molecule has 1 aromatic rings. The van der Waals surface area contributed by atoms with Crippen molar-refractivity contribution in [3.8, 4) is 0 Å². The van der Waals surface area contributed by atoms with E-state index in [0.29, 0.717) is 13.0 Å². The van der Waals surface area contributed by atoms with E-state index in [-0.39, 0.29) is 18.5 Å². The predicted molar refractivity (Wildman–Crippen MR) is 77.5 cm³/mol. The minimum absolute atomic E-state index is 0.126. The Hall–Kier alpha value is -2.04. The maximum absolute atomic E-state index is 12.0. The van der Waals surface area contributed by atoms with Crippen LogP contribution in [0.4, 0.5) is 4.79 Å². The monoisotopic (exact) mass is 291 g/mol. The van der Waals surface area contributed by atoms with Gasteiger partial charge < -0.3 is 14.8 Å². The summed E-state index contributed by atoms with van der Waals surface area (Å²) in [4.78, 5) is 23.9. The van der Waals surface area contributed by atoms with Crippen LogP contribution in [0.1, 0.15) is 32.3 Å². The summed E-state index contributed by atoms with van der Waals surface area (Å²) in [5.74, 6) is -0.241. The lowest BCUT2D eigenvalue weighted by atomic mass is 10.2. The summed E-state index contributed by atoms with van der Waals surface area (Å²) in [7, 11) is 0. The number of hydrogen-bond acceptors (Lipinski definition) is 4. The van der Waals surface area contributed by atoms with Gasteiger partial charge in [0.1, 0.15) is 12.1 Å². The second kappa shape index (κ2) is 6.61. The maximum Gasteiger partial charge on any atom is 0.408 e. The Morgan fingerprint density at radius 1 is 1.24 bits per heavy atom. The minimum Gasteiger partial charge on any atom is -0.464 e. The van der Waals surface area contributed by atoms with Gasteiger partial charge in [-0.05, 0) is 24.8 Å². The van der Waals surface area contributed by atoms with E-state index in [4.69, 9.17) is 9.47 Å². The summed E-state index contributed by atoms with van der Waals surface area (Å²) < 4.78 is 10.2. The summed E-state index contributed by atoms with van der Waals surface area (Å²) in [6.07, 6.45) is 0.850. The molecule has 5 nitrogen and oxygen atoms in total. The molecule has 1 saturated carbocycles. The molecule has 1 aliphatic rings. The minimum atomic E-state index is -0.890. The molecule has 0 heterocycles. The Labute approximate surface area is 124 Å². The van der Waals surface area contributed by atoms with E-state index in [0.717, 1.165) is 12.0 Å². The molecule has 5 heteroatoms. The topological polar surface area (TPSA) is 64.6 Å². The van der Waals surface area contributed by atoms with Gasteiger partial charge in [0.2, 0.25) is 0 Å². The fourth-order valence-corrected chi connectivity index (χ4v) is 2.48. The van der Waals surface area contributed by atoms with Crippen molar-refractivity contribution in [2.24, 2.45) is 5.92 Å². The average Bonchev–Trinajstić information content (AvgIpc) is 3.21. The molecule has 21 heavy (non-hydrogen) atoms. The van der Waals surface area contributed by atoms with Crippen molar-refractivity contribution in [3.63, 3.8) is 0 Å². The molecular formula is C16H21NO4. The van der Waals surface area contributed by atoms with Gasteiger partial charge in [-0.3, -0.25) is 0 Å². The van der Waals surface area contributed by atoms with E-state index in [1.54, 1.807) is 6.92 Å². The number of rotatable bonds is 6. The number of benzene rings is 1. The second-order valence-electron chi connectivity index (χ2n) is 5.19. The third kappa shape index (κ3) is 3.54. The lowest BCUT2D eigenvalue weighted by Crippen LogP contribution is -2.46. The predicted octanol–water partition coefficient (Wildman–Crippen LogP) is 2.64. The zero-order valence-electron chi connectivity index (χ0n) is 12.4. The molecule has 1 aromatic carbocycles. The summed E-state index contributed by atoms with van der Waals surface area (Å²) in [6.45, 7) is 4.23. The smallest absolute Gasteiger partial charge is 0.408 e. The Bertz CT molecular complexity index is 502. The molecule has 1 fully saturated rings. The number of alkyl carbamates (subject to hydrolysis) is 1. The highest BCUT2D eigenvalue weighted by atomic mass is 16.6. The highest BCUT2D eigenvalue weighted by molar-refractivity contribution is 5.89. The van der Waals surface area contributed by atoms with Crippen LogP contribution in [0.3, 0.4) is 0 Å². The zero-order chi connectivity index (χ0) is 15.3. The molecule has 0 spiro atoms. The van der Waals surface area contributed by atoms with Crippen molar-refractivity contribution in [2.45, 2.75) is 38.8 Å². The molecule has 1 N–H and O–H groups in total. The van der Waals surface area contributed by atoms with Crippen molar-refractivity contribution in [2.75, 3.05) is 6.61 Å². The highest BCUT2D eigenvalue weighted by Crippen LogP contribution is 2.46. The molecular weight excluding hydrogens is 270 g/mol. The molecule has 0 aromatic heterocycles.